The summed E-state index contributed by atoms with van der Waals surface area (Å²) in [7, 11) is 1.76. The van der Waals surface area contributed by atoms with Crippen LogP contribution in [0.4, 0.5) is 0 Å². The maximum absolute atomic E-state index is 13.2. The third-order valence-corrected chi connectivity index (χ3v) is 5.65. The minimum Gasteiger partial charge on any atom is -0.378 e. The summed E-state index contributed by atoms with van der Waals surface area (Å²) in [5.74, 6) is 0.0516. The zero-order valence-electron chi connectivity index (χ0n) is 15.1. The molecule has 138 valence electrons. The van der Waals surface area contributed by atoms with E-state index in [0.29, 0.717) is 18.7 Å². The molecule has 1 aromatic heterocycles. The van der Waals surface area contributed by atoms with Crippen molar-refractivity contribution >= 4 is 5.91 Å². The number of carbonyl (C=O) groups excluding carboxylic acids is 1. The first-order valence-electron chi connectivity index (χ1n) is 9.28. The lowest BCUT2D eigenvalue weighted by molar-refractivity contribution is -0.183. The lowest BCUT2D eigenvalue weighted by Crippen LogP contribution is -2.56. The predicted octanol–water partition coefficient (Wildman–Crippen LogP) is 2.67. The van der Waals surface area contributed by atoms with E-state index in [0.717, 1.165) is 38.0 Å². The average molecular weight is 355 g/mol. The highest BCUT2D eigenvalue weighted by molar-refractivity contribution is 5.97. The summed E-state index contributed by atoms with van der Waals surface area (Å²) in [6.45, 7) is 2.16. The van der Waals surface area contributed by atoms with Crippen molar-refractivity contribution in [1.82, 2.24) is 14.7 Å². The molecule has 0 N–H and O–H groups in total. The summed E-state index contributed by atoms with van der Waals surface area (Å²) in [6.07, 6.45) is 7.42. The number of methoxy groups -OCH3 is 1. The first-order valence-corrected chi connectivity index (χ1v) is 9.28. The number of piperidine rings is 1. The van der Waals surface area contributed by atoms with Gasteiger partial charge in [0.1, 0.15) is 0 Å². The van der Waals surface area contributed by atoms with Gasteiger partial charge in [0.25, 0.3) is 5.91 Å². The molecule has 6 nitrogen and oxygen atoms in total. The van der Waals surface area contributed by atoms with Crippen molar-refractivity contribution in [2.45, 2.75) is 37.4 Å². The van der Waals surface area contributed by atoms with Crippen molar-refractivity contribution in [1.29, 1.82) is 0 Å². The first kappa shape index (κ1) is 17.2. The van der Waals surface area contributed by atoms with Crippen LogP contribution in [0.25, 0.3) is 5.69 Å². The molecular weight excluding hydrogens is 330 g/mol. The first-order chi connectivity index (χ1) is 12.7. The molecule has 1 aromatic carbocycles. The molecular formula is C20H25N3O3. The number of carbonyl (C=O) groups is 1. The van der Waals surface area contributed by atoms with Crippen LogP contribution in [0.1, 0.15) is 36.0 Å². The van der Waals surface area contributed by atoms with E-state index in [9.17, 15) is 4.79 Å². The molecule has 2 aliphatic heterocycles. The normalized spacial score (nSPS) is 22.5. The lowest BCUT2D eigenvalue weighted by Gasteiger charge is -2.48. The van der Waals surface area contributed by atoms with Gasteiger partial charge in [-0.3, -0.25) is 4.79 Å². The van der Waals surface area contributed by atoms with E-state index in [-0.39, 0.29) is 17.6 Å². The maximum atomic E-state index is 13.2. The Hall–Kier alpha value is -2.18. The molecule has 2 aromatic rings. The smallest absolute Gasteiger partial charge is 0.256 e. The standard InChI is InChI=1S/C20H25N3O3/c1-25-18-8-4-15-26-20(18)9-13-22(14-10-20)19(24)16-6-2-3-7-17(16)23-12-5-11-21-23/h2-3,5-7,11-12,18H,4,8-10,13-15H2,1H3. The fourth-order valence-electron chi connectivity index (χ4n) is 4.22. The molecule has 1 spiro atoms. The topological polar surface area (TPSA) is 56.6 Å². The van der Waals surface area contributed by atoms with Crippen molar-refractivity contribution in [3.05, 3.63) is 48.3 Å². The van der Waals surface area contributed by atoms with E-state index in [2.05, 4.69) is 5.10 Å². The Kier molecular flexibility index (Phi) is 4.78. The molecule has 2 fully saturated rings. The van der Waals surface area contributed by atoms with Crippen LogP contribution in [0.3, 0.4) is 0 Å². The van der Waals surface area contributed by atoms with E-state index in [4.69, 9.17) is 9.47 Å². The molecule has 0 aliphatic carbocycles. The zero-order chi connectivity index (χ0) is 18.0. The summed E-state index contributed by atoms with van der Waals surface area (Å²) in [5, 5.41) is 4.27. The Balaban J connectivity index is 1.51. The van der Waals surface area contributed by atoms with Gasteiger partial charge in [0.15, 0.2) is 0 Å². The number of amides is 1. The molecule has 1 unspecified atom stereocenters. The number of rotatable bonds is 3. The lowest BCUT2D eigenvalue weighted by atomic mass is 9.81. The Labute approximate surface area is 153 Å². The number of hydrogen-bond acceptors (Lipinski definition) is 4. The number of ether oxygens (including phenoxy) is 2. The van der Waals surface area contributed by atoms with Gasteiger partial charge in [-0.15, -0.1) is 0 Å². The number of para-hydroxylation sites is 1. The summed E-state index contributed by atoms with van der Waals surface area (Å²) < 4.78 is 13.6. The third-order valence-electron chi connectivity index (χ3n) is 5.65. The van der Waals surface area contributed by atoms with Crippen LogP contribution in [-0.2, 0) is 9.47 Å². The van der Waals surface area contributed by atoms with E-state index in [1.54, 1.807) is 18.0 Å². The third kappa shape index (κ3) is 3.04. The fraction of sp³-hybridized carbons (Fsp3) is 0.500. The Bertz CT molecular complexity index is 751. The largest absolute Gasteiger partial charge is 0.378 e. The molecule has 1 atom stereocenters. The van der Waals surface area contributed by atoms with E-state index >= 15 is 0 Å². The molecule has 2 aliphatic rings. The SMILES string of the molecule is COC1CCCOC12CCN(C(=O)c1ccccc1-n1cccn1)CC2. The number of hydrogen-bond donors (Lipinski definition) is 0. The molecule has 4 rings (SSSR count). The molecule has 26 heavy (non-hydrogen) atoms. The molecule has 1 amide bonds. The highest BCUT2D eigenvalue weighted by atomic mass is 16.5. The molecule has 0 radical (unpaired) electrons. The number of benzene rings is 1. The molecule has 3 heterocycles. The Morgan fingerprint density at radius 3 is 2.81 bits per heavy atom. The van der Waals surface area contributed by atoms with Gasteiger partial charge >= 0.3 is 0 Å². The highest BCUT2D eigenvalue weighted by Gasteiger charge is 2.45. The Morgan fingerprint density at radius 2 is 2.08 bits per heavy atom. The fourth-order valence-corrected chi connectivity index (χ4v) is 4.22. The summed E-state index contributed by atoms with van der Waals surface area (Å²) in [6, 6.07) is 9.49. The molecule has 2 saturated heterocycles. The second kappa shape index (κ2) is 7.21. The monoisotopic (exact) mass is 355 g/mol. The summed E-state index contributed by atoms with van der Waals surface area (Å²) in [5.41, 5.74) is 1.26. The Morgan fingerprint density at radius 1 is 1.27 bits per heavy atom. The number of likely N-dealkylation sites (tertiary alicyclic amines) is 1. The van der Waals surface area contributed by atoms with Crippen molar-refractivity contribution in [2.24, 2.45) is 0 Å². The van der Waals surface area contributed by atoms with Crippen LogP contribution in [0.15, 0.2) is 42.7 Å². The van der Waals surface area contributed by atoms with Crippen LogP contribution in [-0.4, -0.2) is 59.1 Å². The molecule has 0 bridgehead atoms. The van der Waals surface area contributed by atoms with Crippen molar-refractivity contribution in [3.63, 3.8) is 0 Å². The minimum absolute atomic E-state index is 0.0516. The van der Waals surface area contributed by atoms with E-state index in [1.807, 2.05) is 41.4 Å². The van der Waals surface area contributed by atoms with E-state index in [1.165, 1.54) is 0 Å². The van der Waals surface area contributed by atoms with Crippen molar-refractivity contribution < 1.29 is 14.3 Å². The van der Waals surface area contributed by atoms with Crippen LogP contribution in [0, 0.1) is 0 Å². The molecule has 0 saturated carbocycles. The van der Waals surface area contributed by atoms with Gasteiger partial charge in [-0.1, -0.05) is 12.1 Å². The average Bonchev–Trinajstić information content (AvgIpc) is 3.23. The van der Waals surface area contributed by atoms with E-state index < -0.39 is 0 Å². The van der Waals surface area contributed by atoms with Gasteiger partial charge in [0.05, 0.1) is 23.0 Å². The van der Waals surface area contributed by atoms with Gasteiger partial charge in [0, 0.05) is 39.2 Å². The van der Waals surface area contributed by atoms with Gasteiger partial charge in [-0.2, -0.15) is 5.10 Å². The second-order valence-electron chi connectivity index (χ2n) is 7.04. The van der Waals surface area contributed by atoms with Crippen LogP contribution >= 0.6 is 0 Å². The quantitative estimate of drug-likeness (QED) is 0.849. The van der Waals surface area contributed by atoms with Crippen LogP contribution in [0.5, 0.6) is 0 Å². The van der Waals surface area contributed by atoms with Gasteiger partial charge in [-0.25, -0.2) is 4.68 Å². The number of nitrogens with zero attached hydrogens (tertiary/aromatic N) is 3. The number of aromatic nitrogens is 2. The van der Waals surface area contributed by atoms with Crippen LogP contribution in [0.2, 0.25) is 0 Å². The summed E-state index contributed by atoms with van der Waals surface area (Å²) in [4.78, 5) is 15.1. The summed E-state index contributed by atoms with van der Waals surface area (Å²) >= 11 is 0. The van der Waals surface area contributed by atoms with Gasteiger partial charge < -0.3 is 14.4 Å². The zero-order valence-corrected chi connectivity index (χ0v) is 15.1. The molecule has 6 heteroatoms. The van der Waals surface area contributed by atoms with Gasteiger partial charge in [-0.05, 0) is 43.9 Å². The minimum atomic E-state index is -0.231. The maximum Gasteiger partial charge on any atom is 0.256 e. The van der Waals surface area contributed by atoms with Crippen molar-refractivity contribution in [3.8, 4) is 5.69 Å². The second-order valence-corrected chi connectivity index (χ2v) is 7.04. The van der Waals surface area contributed by atoms with Gasteiger partial charge in [0.2, 0.25) is 0 Å². The van der Waals surface area contributed by atoms with Crippen LogP contribution < -0.4 is 0 Å². The van der Waals surface area contributed by atoms with Crippen molar-refractivity contribution in [2.75, 3.05) is 26.8 Å². The predicted molar refractivity (Wildman–Crippen MR) is 97.4 cm³/mol. The highest BCUT2D eigenvalue weighted by Crippen LogP contribution is 2.37.